The third-order valence-electron chi connectivity index (χ3n) is 3.63. The quantitative estimate of drug-likeness (QED) is 0.465. The van der Waals surface area contributed by atoms with Gasteiger partial charge in [0.05, 0.1) is 6.67 Å². The molecule has 3 heteroatoms. The van der Waals surface area contributed by atoms with E-state index in [4.69, 9.17) is 5.84 Å². The van der Waals surface area contributed by atoms with Crippen LogP contribution in [0.5, 0.6) is 0 Å². The van der Waals surface area contributed by atoms with Crippen LogP contribution in [-0.4, -0.2) is 25.2 Å². The number of nitrogens with zero attached hydrogens (tertiary/aromatic N) is 1. The van der Waals surface area contributed by atoms with Gasteiger partial charge >= 0.3 is 0 Å². The highest BCUT2D eigenvalue weighted by Crippen LogP contribution is 2.22. The molecule has 0 aliphatic carbocycles. The van der Waals surface area contributed by atoms with Crippen molar-refractivity contribution < 1.29 is 0 Å². The predicted molar refractivity (Wildman–Crippen MR) is 73.9 cm³/mol. The van der Waals surface area contributed by atoms with Gasteiger partial charge in [0.2, 0.25) is 0 Å². The zero-order valence-electron chi connectivity index (χ0n) is 11.7. The molecule has 1 aromatic carbocycles. The summed E-state index contributed by atoms with van der Waals surface area (Å²) in [6.45, 7) is 10.6. The van der Waals surface area contributed by atoms with Gasteiger partial charge in [-0.05, 0) is 69.0 Å². The van der Waals surface area contributed by atoms with Gasteiger partial charge in [-0.15, -0.1) is 0 Å². The Morgan fingerprint density at radius 1 is 1.12 bits per heavy atom. The van der Waals surface area contributed by atoms with Crippen molar-refractivity contribution in [1.82, 2.24) is 10.3 Å². The molecule has 3 N–H and O–H groups in total. The van der Waals surface area contributed by atoms with E-state index in [1.54, 1.807) is 0 Å². The van der Waals surface area contributed by atoms with Gasteiger partial charge in [-0.3, -0.25) is 10.7 Å². The molecule has 17 heavy (non-hydrogen) atoms. The Morgan fingerprint density at radius 3 is 2.12 bits per heavy atom. The first-order chi connectivity index (χ1) is 7.97. The number of rotatable bonds is 5. The summed E-state index contributed by atoms with van der Waals surface area (Å²) in [5.41, 5.74) is 9.82. The van der Waals surface area contributed by atoms with E-state index >= 15 is 0 Å². The number of hydrogen-bond donors (Lipinski definition) is 2. The van der Waals surface area contributed by atoms with Gasteiger partial charge in [0.25, 0.3) is 0 Å². The predicted octanol–water partition coefficient (Wildman–Crippen LogP) is 1.82. The summed E-state index contributed by atoms with van der Waals surface area (Å²) >= 11 is 0. The molecule has 1 aromatic rings. The first-order valence-electron chi connectivity index (χ1n) is 6.15. The van der Waals surface area contributed by atoms with Gasteiger partial charge in [0, 0.05) is 6.54 Å². The zero-order chi connectivity index (χ0) is 13.0. The van der Waals surface area contributed by atoms with Gasteiger partial charge in [-0.2, -0.15) is 0 Å². The van der Waals surface area contributed by atoms with Crippen LogP contribution in [0.15, 0.2) is 6.07 Å². The van der Waals surface area contributed by atoms with Crippen molar-refractivity contribution in [2.24, 2.45) is 5.84 Å². The SMILES string of the molecule is Cc1cc(C)c(C)c(CCN(C)CNN)c1C. The van der Waals surface area contributed by atoms with Crippen LogP contribution < -0.4 is 11.3 Å². The lowest BCUT2D eigenvalue weighted by molar-refractivity contribution is 0.312. The topological polar surface area (TPSA) is 41.3 Å². The second-order valence-electron chi connectivity index (χ2n) is 4.93. The van der Waals surface area contributed by atoms with Crippen LogP contribution in [0, 0.1) is 27.7 Å². The molecule has 0 saturated heterocycles. The van der Waals surface area contributed by atoms with Gasteiger partial charge in [-0.1, -0.05) is 6.07 Å². The molecular formula is C14H25N3. The van der Waals surface area contributed by atoms with Crippen molar-refractivity contribution in [2.75, 3.05) is 20.3 Å². The Bertz CT molecular complexity index is 359. The minimum atomic E-state index is 0.725. The van der Waals surface area contributed by atoms with Crippen molar-refractivity contribution in [2.45, 2.75) is 34.1 Å². The smallest absolute Gasteiger partial charge is 0.0610 e. The molecule has 0 unspecified atom stereocenters. The van der Waals surface area contributed by atoms with Gasteiger partial charge < -0.3 is 0 Å². The number of hydrazine groups is 1. The van der Waals surface area contributed by atoms with Crippen LogP contribution >= 0.6 is 0 Å². The Hall–Kier alpha value is -0.900. The lowest BCUT2D eigenvalue weighted by Gasteiger charge is -2.19. The molecule has 0 aliphatic rings. The summed E-state index contributed by atoms with van der Waals surface area (Å²) in [5, 5.41) is 0. The average Bonchev–Trinajstić information content (AvgIpc) is 2.27. The lowest BCUT2D eigenvalue weighted by atomic mass is 9.92. The van der Waals surface area contributed by atoms with E-state index in [-0.39, 0.29) is 0 Å². The summed E-state index contributed by atoms with van der Waals surface area (Å²) in [7, 11) is 2.08. The Kier molecular flexibility index (Phi) is 5.12. The minimum Gasteiger partial charge on any atom is -0.292 e. The molecule has 0 bridgehead atoms. The highest BCUT2D eigenvalue weighted by atomic mass is 15.3. The molecule has 1 rings (SSSR count). The standard InChI is InChI=1S/C14H25N3/c1-10-8-11(2)13(4)14(12(10)3)6-7-17(5)9-16-15/h8,16H,6-7,9,15H2,1-5H3. The van der Waals surface area contributed by atoms with Crippen LogP contribution in [0.1, 0.15) is 27.8 Å². The molecule has 3 nitrogen and oxygen atoms in total. The van der Waals surface area contributed by atoms with Gasteiger partial charge in [0.1, 0.15) is 0 Å². The number of hydrogen-bond acceptors (Lipinski definition) is 3. The second kappa shape index (κ2) is 6.15. The van der Waals surface area contributed by atoms with Crippen LogP contribution in [0.2, 0.25) is 0 Å². The lowest BCUT2D eigenvalue weighted by Crippen LogP contribution is -2.36. The summed E-state index contributed by atoms with van der Waals surface area (Å²) < 4.78 is 0. The Labute approximate surface area is 105 Å². The fraction of sp³-hybridized carbons (Fsp3) is 0.571. The summed E-state index contributed by atoms with van der Waals surface area (Å²) in [6.07, 6.45) is 1.08. The van der Waals surface area contributed by atoms with Crippen LogP contribution in [0.4, 0.5) is 0 Å². The third kappa shape index (κ3) is 3.53. The molecular weight excluding hydrogens is 210 g/mol. The molecule has 0 heterocycles. The summed E-state index contributed by atoms with van der Waals surface area (Å²) in [4.78, 5) is 2.19. The second-order valence-corrected chi connectivity index (χ2v) is 4.93. The van der Waals surface area contributed by atoms with Crippen LogP contribution in [0.25, 0.3) is 0 Å². The maximum absolute atomic E-state index is 5.31. The van der Waals surface area contributed by atoms with Crippen molar-refractivity contribution in [1.29, 1.82) is 0 Å². The maximum Gasteiger partial charge on any atom is 0.0610 e. The van der Waals surface area contributed by atoms with Crippen LogP contribution in [-0.2, 0) is 6.42 Å². The Morgan fingerprint density at radius 2 is 1.65 bits per heavy atom. The number of aryl methyl sites for hydroxylation is 2. The number of nitrogens with one attached hydrogen (secondary N) is 1. The molecule has 0 aromatic heterocycles. The molecule has 0 fully saturated rings. The van der Waals surface area contributed by atoms with Crippen molar-refractivity contribution in [3.8, 4) is 0 Å². The van der Waals surface area contributed by atoms with E-state index in [2.05, 4.69) is 51.1 Å². The maximum atomic E-state index is 5.31. The largest absolute Gasteiger partial charge is 0.292 e. The van der Waals surface area contributed by atoms with E-state index in [9.17, 15) is 0 Å². The molecule has 0 radical (unpaired) electrons. The first-order valence-corrected chi connectivity index (χ1v) is 6.15. The van der Waals surface area contributed by atoms with Crippen molar-refractivity contribution in [3.63, 3.8) is 0 Å². The monoisotopic (exact) mass is 235 g/mol. The van der Waals surface area contributed by atoms with Crippen molar-refractivity contribution in [3.05, 3.63) is 33.9 Å². The molecule has 96 valence electrons. The fourth-order valence-corrected chi connectivity index (χ4v) is 2.21. The van der Waals surface area contributed by atoms with E-state index in [0.717, 1.165) is 19.6 Å². The Balaban J connectivity index is 2.83. The zero-order valence-corrected chi connectivity index (χ0v) is 11.7. The summed E-state index contributed by atoms with van der Waals surface area (Å²) in [5.74, 6) is 5.31. The van der Waals surface area contributed by atoms with E-state index in [1.807, 2.05) is 0 Å². The number of benzene rings is 1. The average molecular weight is 235 g/mol. The molecule has 0 saturated carbocycles. The normalized spacial score (nSPS) is 11.2. The first kappa shape index (κ1) is 14.2. The van der Waals surface area contributed by atoms with E-state index in [1.165, 1.54) is 27.8 Å². The van der Waals surface area contributed by atoms with Crippen molar-refractivity contribution >= 4 is 0 Å². The number of likely N-dealkylation sites (N-methyl/N-ethyl adjacent to an activating group) is 1. The molecule has 0 atom stereocenters. The number of nitrogens with two attached hydrogens (primary N) is 1. The highest BCUT2D eigenvalue weighted by Gasteiger charge is 2.09. The van der Waals surface area contributed by atoms with E-state index in [0.29, 0.717) is 0 Å². The van der Waals surface area contributed by atoms with Gasteiger partial charge in [-0.25, -0.2) is 5.43 Å². The fourth-order valence-electron chi connectivity index (χ4n) is 2.21. The highest BCUT2D eigenvalue weighted by molar-refractivity contribution is 5.44. The minimum absolute atomic E-state index is 0.725. The molecule has 0 amide bonds. The molecule has 0 aliphatic heterocycles. The van der Waals surface area contributed by atoms with E-state index < -0.39 is 0 Å². The third-order valence-corrected chi connectivity index (χ3v) is 3.63. The molecule has 0 spiro atoms. The van der Waals surface area contributed by atoms with Gasteiger partial charge in [0.15, 0.2) is 0 Å². The summed E-state index contributed by atoms with van der Waals surface area (Å²) in [6, 6.07) is 2.28. The van der Waals surface area contributed by atoms with Crippen LogP contribution in [0.3, 0.4) is 0 Å².